The number of hydrogen-bond donors (Lipinski definition) is 0. The second-order valence-electron chi connectivity index (χ2n) is 8.39. The number of alkyl halides is 3. The van der Waals surface area contributed by atoms with Crippen LogP contribution in [0.25, 0.3) is 22.2 Å². The standard InChI is InChI=1S/C24H21F3N4O4S/c25-24(26,27)23(32)35-31-18(16-29-11-1-2-12-29)15-21-20(9-10-28-22(21)31)17-5-7-19(8-6-17)36(33,34)30-13-3-4-14-30/h1-2,5-12,15H,3-4,13-14,16H2. The Morgan fingerprint density at radius 1 is 1.03 bits per heavy atom. The summed E-state index contributed by atoms with van der Waals surface area (Å²) in [5.41, 5.74) is 1.53. The van der Waals surface area contributed by atoms with E-state index in [4.69, 9.17) is 4.84 Å². The first-order chi connectivity index (χ1) is 17.1. The molecule has 1 saturated heterocycles. The van der Waals surface area contributed by atoms with Crippen LogP contribution in [-0.4, -0.2) is 52.2 Å². The molecule has 0 atom stereocenters. The van der Waals surface area contributed by atoms with Crippen LogP contribution in [0.5, 0.6) is 0 Å². The Morgan fingerprint density at radius 2 is 1.69 bits per heavy atom. The molecule has 1 fully saturated rings. The number of nitrogens with zero attached hydrogens (tertiary/aromatic N) is 4. The molecule has 0 N–H and O–H groups in total. The Balaban J connectivity index is 1.56. The van der Waals surface area contributed by atoms with Crippen molar-refractivity contribution in [1.29, 1.82) is 0 Å². The molecule has 0 bridgehead atoms. The van der Waals surface area contributed by atoms with Crippen molar-refractivity contribution in [2.45, 2.75) is 30.5 Å². The van der Waals surface area contributed by atoms with E-state index in [0.717, 1.165) is 17.6 Å². The van der Waals surface area contributed by atoms with Crippen LogP contribution in [0.2, 0.25) is 0 Å². The van der Waals surface area contributed by atoms with Crippen LogP contribution in [0.1, 0.15) is 18.5 Å². The van der Waals surface area contributed by atoms with E-state index in [1.165, 1.54) is 22.6 Å². The predicted octanol–water partition coefficient (Wildman–Crippen LogP) is 3.86. The first-order valence-corrected chi connectivity index (χ1v) is 12.6. The van der Waals surface area contributed by atoms with Gasteiger partial charge in [0.15, 0.2) is 5.65 Å². The third kappa shape index (κ3) is 4.49. The minimum atomic E-state index is -5.18. The first-order valence-electron chi connectivity index (χ1n) is 11.1. The Hall–Kier alpha value is -3.64. The van der Waals surface area contributed by atoms with Crippen LogP contribution in [-0.2, 0) is 21.4 Å². The zero-order valence-electron chi connectivity index (χ0n) is 18.9. The van der Waals surface area contributed by atoms with Gasteiger partial charge in [0, 0.05) is 37.1 Å². The van der Waals surface area contributed by atoms with Gasteiger partial charge in [0.25, 0.3) is 0 Å². The zero-order chi connectivity index (χ0) is 25.5. The van der Waals surface area contributed by atoms with Gasteiger partial charge in [-0.3, -0.25) is 0 Å². The molecule has 0 unspecified atom stereocenters. The molecule has 4 heterocycles. The molecule has 0 spiro atoms. The molecule has 8 nitrogen and oxygen atoms in total. The number of benzene rings is 1. The van der Waals surface area contributed by atoms with Crippen molar-refractivity contribution in [3.8, 4) is 11.1 Å². The quantitative estimate of drug-likeness (QED) is 0.387. The summed E-state index contributed by atoms with van der Waals surface area (Å²) in [7, 11) is -3.59. The largest absolute Gasteiger partial charge is 0.493 e. The van der Waals surface area contributed by atoms with Crippen LogP contribution < -0.4 is 4.84 Å². The summed E-state index contributed by atoms with van der Waals surface area (Å²) in [6.45, 7) is 1.10. The van der Waals surface area contributed by atoms with Crippen LogP contribution in [0.3, 0.4) is 0 Å². The molecule has 0 amide bonds. The van der Waals surface area contributed by atoms with Gasteiger partial charge < -0.3 is 9.40 Å². The summed E-state index contributed by atoms with van der Waals surface area (Å²) in [5, 5.41) is 0.449. The lowest BCUT2D eigenvalue weighted by atomic mass is 10.0. The van der Waals surface area contributed by atoms with Gasteiger partial charge in [-0.2, -0.15) is 22.2 Å². The predicted molar refractivity (Wildman–Crippen MR) is 124 cm³/mol. The van der Waals surface area contributed by atoms with Crippen molar-refractivity contribution in [3.63, 3.8) is 0 Å². The monoisotopic (exact) mass is 518 g/mol. The van der Waals surface area contributed by atoms with Crippen molar-refractivity contribution < 1.29 is 31.2 Å². The Morgan fingerprint density at radius 3 is 2.33 bits per heavy atom. The first kappa shape index (κ1) is 24.1. The fraction of sp³-hybridized carbons (Fsp3) is 0.250. The van der Waals surface area contributed by atoms with Crippen molar-refractivity contribution in [2.24, 2.45) is 0 Å². The fourth-order valence-corrected chi connectivity index (χ4v) is 5.79. The van der Waals surface area contributed by atoms with E-state index in [2.05, 4.69) is 4.98 Å². The van der Waals surface area contributed by atoms with Crippen molar-refractivity contribution >= 4 is 27.0 Å². The lowest BCUT2D eigenvalue weighted by molar-refractivity contribution is -0.199. The van der Waals surface area contributed by atoms with Crippen LogP contribution >= 0.6 is 0 Å². The van der Waals surface area contributed by atoms with Crippen molar-refractivity contribution in [3.05, 3.63) is 72.8 Å². The maximum atomic E-state index is 13.0. The average Bonchev–Trinajstić information content (AvgIpc) is 3.61. The molecular formula is C24H21F3N4O4S. The van der Waals surface area contributed by atoms with Gasteiger partial charge in [0.1, 0.15) is 0 Å². The Bertz CT molecular complexity index is 1510. The summed E-state index contributed by atoms with van der Waals surface area (Å²) in [6.07, 6.45) is 1.31. The van der Waals surface area contributed by atoms with Gasteiger partial charge in [-0.1, -0.05) is 12.1 Å². The van der Waals surface area contributed by atoms with Gasteiger partial charge in [-0.05, 0) is 60.4 Å². The number of hydrogen-bond acceptors (Lipinski definition) is 5. The lowest BCUT2D eigenvalue weighted by Crippen LogP contribution is -2.34. The topological polar surface area (TPSA) is 86.4 Å². The number of carbonyl (C=O) groups is 1. The highest BCUT2D eigenvalue weighted by Crippen LogP contribution is 2.32. The molecule has 4 aromatic rings. The number of aromatic nitrogens is 3. The molecule has 0 saturated carbocycles. The maximum absolute atomic E-state index is 13.0. The van der Waals surface area contributed by atoms with Crippen LogP contribution in [0.15, 0.2) is 72.0 Å². The third-order valence-electron chi connectivity index (χ3n) is 6.02. The SMILES string of the molecule is O=C(On1c(Cn2cccc2)cc2c(-c3ccc(S(=O)(=O)N4CCCC4)cc3)ccnc21)C(F)(F)F. The highest BCUT2D eigenvalue weighted by atomic mass is 32.2. The summed E-state index contributed by atoms with van der Waals surface area (Å²) in [4.78, 5) is 20.7. The molecule has 1 aromatic carbocycles. The molecule has 0 aliphatic carbocycles. The average molecular weight is 519 g/mol. The lowest BCUT2D eigenvalue weighted by Gasteiger charge is -2.15. The second-order valence-corrected chi connectivity index (χ2v) is 10.3. The molecule has 1 aliphatic rings. The molecule has 3 aromatic heterocycles. The van der Waals surface area contributed by atoms with Gasteiger partial charge in [-0.25, -0.2) is 18.2 Å². The fourth-order valence-electron chi connectivity index (χ4n) is 4.27. The van der Waals surface area contributed by atoms with Gasteiger partial charge in [0.2, 0.25) is 10.0 Å². The summed E-state index contributed by atoms with van der Waals surface area (Å²) >= 11 is 0. The van der Waals surface area contributed by atoms with Crippen molar-refractivity contribution in [1.82, 2.24) is 18.6 Å². The summed E-state index contributed by atoms with van der Waals surface area (Å²) in [6, 6.07) is 13.1. The minimum absolute atomic E-state index is 0.0287. The summed E-state index contributed by atoms with van der Waals surface area (Å²) < 4.78 is 68.6. The number of fused-ring (bicyclic) bond motifs is 1. The van der Waals surface area contributed by atoms with E-state index < -0.39 is 22.2 Å². The molecular weight excluding hydrogens is 497 g/mol. The number of rotatable bonds is 6. The van der Waals surface area contributed by atoms with E-state index >= 15 is 0 Å². The molecule has 0 radical (unpaired) electrons. The molecule has 188 valence electrons. The summed E-state index contributed by atoms with van der Waals surface area (Å²) in [5.74, 6) is -2.36. The number of sulfonamides is 1. The van der Waals surface area contributed by atoms with E-state index in [0.29, 0.717) is 29.6 Å². The highest BCUT2D eigenvalue weighted by Gasteiger charge is 2.42. The number of carbonyl (C=O) groups excluding carboxylic acids is 1. The maximum Gasteiger partial charge on any atom is 0.493 e. The van der Waals surface area contributed by atoms with E-state index in [1.807, 2.05) is 0 Å². The van der Waals surface area contributed by atoms with Crippen molar-refractivity contribution in [2.75, 3.05) is 13.1 Å². The number of pyridine rings is 1. The van der Waals surface area contributed by atoms with Gasteiger partial charge in [0.05, 0.1) is 17.1 Å². The Kier molecular flexibility index (Phi) is 6.08. The molecule has 5 rings (SSSR count). The number of halogens is 3. The van der Waals surface area contributed by atoms with Crippen LogP contribution in [0.4, 0.5) is 13.2 Å². The third-order valence-corrected chi connectivity index (χ3v) is 7.93. The highest BCUT2D eigenvalue weighted by molar-refractivity contribution is 7.89. The molecule has 36 heavy (non-hydrogen) atoms. The van der Waals surface area contributed by atoms with Gasteiger partial charge >= 0.3 is 12.1 Å². The smallest absolute Gasteiger partial charge is 0.348 e. The molecule has 1 aliphatic heterocycles. The molecule has 12 heteroatoms. The normalized spacial score (nSPS) is 15.0. The van der Waals surface area contributed by atoms with E-state index in [9.17, 15) is 26.4 Å². The zero-order valence-corrected chi connectivity index (χ0v) is 19.7. The minimum Gasteiger partial charge on any atom is -0.348 e. The van der Waals surface area contributed by atoms with Crippen LogP contribution in [0, 0.1) is 0 Å². The Labute approximate surface area is 204 Å². The van der Waals surface area contributed by atoms with E-state index in [-0.39, 0.29) is 22.8 Å². The van der Waals surface area contributed by atoms with Gasteiger partial charge in [-0.15, -0.1) is 0 Å². The second kappa shape index (κ2) is 9.10. The van der Waals surface area contributed by atoms with E-state index in [1.54, 1.807) is 53.4 Å².